The zero-order chi connectivity index (χ0) is 15.7. The molecule has 1 N–H and O–H groups in total. The summed E-state index contributed by atoms with van der Waals surface area (Å²) in [6.45, 7) is 11.2. The van der Waals surface area contributed by atoms with Crippen LogP contribution in [0.1, 0.15) is 38.0 Å². The summed E-state index contributed by atoms with van der Waals surface area (Å²) in [6.07, 6.45) is 2.20. The van der Waals surface area contributed by atoms with Crippen molar-refractivity contribution < 1.29 is 9.47 Å². The maximum absolute atomic E-state index is 5.99. The Morgan fingerprint density at radius 2 is 2.04 bits per heavy atom. The molecule has 0 atom stereocenters. The van der Waals surface area contributed by atoms with Crippen LogP contribution in [-0.4, -0.2) is 45.5 Å². The molecule has 2 aliphatic rings. The van der Waals surface area contributed by atoms with Crippen LogP contribution in [0.25, 0.3) is 0 Å². The van der Waals surface area contributed by atoms with Crippen molar-refractivity contribution in [2.24, 2.45) is 0 Å². The SMILES string of the molecule is C.COC(C)(C)CN1CCOc2cc3c(c(C)c21)CCNCC3. The molecule has 0 fully saturated rings. The minimum Gasteiger partial charge on any atom is -0.490 e. The predicted octanol–water partition coefficient (Wildman–Crippen LogP) is 2.94. The normalized spacial score (nSPS) is 17.5. The topological polar surface area (TPSA) is 33.7 Å². The van der Waals surface area contributed by atoms with Gasteiger partial charge in [-0.3, -0.25) is 0 Å². The molecule has 0 saturated carbocycles. The number of nitrogens with one attached hydrogen (secondary N) is 1. The van der Waals surface area contributed by atoms with Gasteiger partial charge in [-0.25, -0.2) is 0 Å². The van der Waals surface area contributed by atoms with Crippen LogP contribution in [0, 0.1) is 6.92 Å². The van der Waals surface area contributed by atoms with E-state index in [1.807, 2.05) is 0 Å². The average Bonchev–Trinajstić information content (AvgIpc) is 2.72. The fourth-order valence-corrected chi connectivity index (χ4v) is 3.58. The Kier molecular flexibility index (Phi) is 5.58. The van der Waals surface area contributed by atoms with Gasteiger partial charge in [-0.15, -0.1) is 0 Å². The smallest absolute Gasteiger partial charge is 0.143 e. The summed E-state index contributed by atoms with van der Waals surface area (Å²) in [5, 5.41) is 3.50. The Bertz CT molecular complexity index is 555. The number of rotatable bonds is 3. The molecule has 0 bridgehead atoms. The predicted molar refractivity (Wildman–Crippen MR) is 97.0 cm³/mol. The third-order valence-corrected chi connectivity index (χ3v) is 4.92. The van der Waals surface area contributed by atoms with Gasteiger partial charge in [0.15, 0.2) is 0 Å². The molecule has 23 heavy (non-hydrogen) atoms. The van der Waals surface area contributed by atoms with Crippen molar-refractivity contribution in [2.45, 2.75) is 46.6 Å². The molecule has 0 radical (unpaired) electrons. The van der Waals surface area contributed by atoms with E-state index in [0.717, 1.165) is 51.4 Å². The Morgan fingerprint density at radius 3 is 2.78 bits per heavy atom. The van der Waals surface area contributed by atoms with Crippen LogP contribution in [0.15, 0.2) is 6.07 Å². The first-order valence-electron chi connectivity index (χ1n) is 8.31. The van der Waals surface area contributed by atoms with Crippen LogP contribution in [0.3, 0.4) is 0 Å². The molecule has 0 aliphatic carbocycles. The number of hydrogen-bond donors (Lipinski definition) is 1. The maximum Gasteiger partial charge on any atom is 0.143 e. The number of benzene rings is 1. The van der Waals surface area contributed by atoms with Crippen LogP contribution < -0.4 is 15.0 Å². The number of ether oxygens (including phenoxy) is 2. The average molecular weight is 320 g/mol. The minimum absolute atomic E-state index is 0. The Hall–Kier alpha value is -1.26. The van der Waals surface area contributed by atoms with Crippen LogP contribution in [-0.2, 0) is 17.6 Å². The molecule has 3 rings (SSSR count). The maximum atomic E-state index is 5.99. The first-order valence-corrected chi connectivity index (χ1v) is 8.31. The van der Waals surface area contributed by atoms with Gasteiger partial charge in [-0.05, 0) is 69.5 Å². The molecule has 0 unspecified atom stereocenters. The Labute approximate surface area is 141 Å². The van der Waals surface area contributed by atoms with Gasteiger partial charge in [0.05, 0.1) is 17.8 Å². The first-order chi connectivity index (χ1) is 10.5. The van der Waals surface area contributed by atoms with E-state index in [1.165, 1.54) is 22.4 Å². The quantitative estimate of drug-likeness (QED) is 0.928. The summed E-state index contributed by atoms with van der Waals surface area (Å²) >= 11 is 0. The highest BCUT2D eigenvalue weighted by atomic mass is 16.5. The van der Waals surface area contributed by atoms with Gasteiger partial charge >= 0.3 is 0 Å². The van der Waals surface area contributed by atoms with Crippen molar-refractivity contribution in [1.82, 2.24) is 5.32 Å². The van der Waals surface area contributed by atoms with E-state index in [1.54, 1.807) is 7.11 Å². The second-order valence-corrected chi connectivity index (χ2v) is 6.97. The molecule has 130 valence electrons. The van der Waals surface area contributed by atoms with E-state index in [9.17, 15) is 0 Å². The summed E-state index contributed by atoms with van der Waals surface area (Å²) < 4.78 is 11.6. The molecule has 0 spiro atoms. The lowest BCUT2D eigenvalue weighted by Gasteiger charge is -2.38. The minimum atomic E-state index is -0.157. The molecule has 4 heteroatoms. The van der Waals surface area contributed by atoms with E-state index in [4.69, 9.17) is 9.47 Å². The molecular formula is C19H32N2O2. The summed E-state index contributed by atoms with van der Waals surface area (Å²) in [5.41, 5.74) is 5.47. The highest BCUT2D eigenvalue weighted by Crippen LogP contribution is 2.40. The van der Waals surface area contributed by atoms with Gasteiger partial charge in [0.2, 0.25) is 0 Å². The number of hydrogen-bond acceptors (Lipinski definition) is 4. The summed E-state index contributed by atoms with van der Waals surface area (Å²) in [6, 6.07) is 2.27. The Balaban J connectivity index is 0.00000192. The van der Waals surface area contributed by atoms with Gasteiger partial charge in [-0.1, -0.05) is 7.43 Å². The van der Waals surface area contributed by atoms with Crippen LogP contribution in [0.5, 0.6) is 5.75 Å². The van der Waals surface area contributed by atoms with Gasteiger partial charge in [0, 0.05) is 13.7 Å². The second kappa shape index (κ2) is 7.10. The molecular weight excluding hydrogens is 288 g/mol. The zero-order valence-corrected chi connectivity index (χ0v) is 14.3. The summed E-state index contributed by atoms with van der Waals surface area (Å²) in [7, 11) is 1.79. The number of nitrogens with zero attached hydrogens (tertiary/aromatic N) is 1. The lowest BCUT2D eigenvalue weighted by molar-refractivity contribution is 0.0280. The Morgan fingerprint density at radius 1 is 1.30 bits per heavy atom. The zero-order valence-electron chi connectivity index (χ0n) is 14.3. The largest absolute Gasteiger partial charge is 0.490 e. The van der Waals surface area contributed by atoms with Gasteiger partial charge < -0.3 is 19.7 Å². The lowest BCUT2D eigenvalue weighted by atomic mass is 9.94. The van der Waals surface area contributed by atoms with Gasteiger partial charge in [-0.2, -0.15) is 0 Å². The van der Waals surface area contributed by atoms with Crippen molar-refractivity contribution in [3.8, 4) is 5.75 Å². The summed E-state index contributed by atoms with van der Waals surface area (Å²) in [5.74, 6) is 1.05. The molecule has 2 heterocycles. The van der Waals surface area contributed by atoms with Gasteiger partial charge in [0.25, 0.3) is 0 Å². The number of anilines is 1. The molecule has 4 nitrogen and oxygen atoms in total. The van der Waals surface area contributed by atoms with Gasteiger partial charge in [0.1, 0.15) is 12.4 Å². The number of methoxy groups -OCH3 is 1. The molecule has 1 aromatic carbocycles. The van der Waals surface area contributed by atoms with Crippen molar-refractivity contribution in [1.29, 1.82) is 0 Å². The van der Waals surface area contributed by atoms with Crippen LogP contribution >= 0.6 is 0 Å². The van der Waals surface area contributed by atoms with Crippen LogP contribution in [0.4, 0.5) is 5.69 Å². The third-order valence-electron chi connectivity index (χ3n) is 4.92. The lowest BCUT2D eigenvalue weighted by Crippen LogP contribution is -2.44. The van der Waals surface area contributed by atoms with E-state index in [-0.39, 0.29) is 13.0 Å². The molecule has 0 amide bonds. The molecule has 0 saturated heterocycles. The van der Waals surface area contributed by atoms with E-state index in [2.05, 4.69) is 37.1 Å². The fourth-order valence-electron chi connectivity index (χ4n) is 3.58. The second-order valence-electron chi connectivity index (χ2n) is 6.97. The van der Waals surface area contributed by atoms with Crippen molar-refractivity contribution in [3.63, 3.8) is 0 Å². The van der Waals surface area contributed by atoms with Crippen LogP contribution in [0.2, 0.25) is 0 Å². The van der Waals surface area contributed by atoms with Crippen molar-refractivity contribution >= 4 is 5.69 Å². The van der Waals surface area contributed by atoms with Crippen molar-refractivity contribution in [3.05, 3.63) is 22.8 Å². The van der Waals surface area contributed by atoms with E-state index >= 15 is 0 Å². The standard InChI is InChI=1S/C18H28N2O2.CH4/c1-13-15-6-8-19-7-5-14(15)11-16-17(13)20(9-10-22-16)12-18(2,3)21-4;/h11,19H,5-10,12H2,1-4H3;1H4. The van der Waals surface area contributed by atoms with E-state index in [0.29, 0.717) is 0 Å². The highest BCUT2D eigenvalue weighted by molar-refractivity contribution is 5.69. The summed E-state index contributed by atoms with van der Waals surface area (Å²) in [4.78, 5) is 2.44. The highest BCUT2D eigenvalue weighted by Gasteiger charge is 2.29. The molecule has 0 aromatic heterocycles. The monoisotopic (exact) mass is 320 g/mol. The van der Waals surface area contributed by atoms with E-state index < -0.39 is 0 Å². The molecule has 1 aromatic rings. The molecule has 2 aliphatic heterocycles. The first kappa shape index (κ1) is 18.1. The third kappa shape index (κ3) is 3.64. The van der Waals surface area contributed by atoms with Crippen molar-refractivity contribution in [2.75, 3.05) is 44.8 Å². The number of fused-ring (bicyclic) bond motifs is 2. The fraction of sp³-hybridized carbons (Fsp3) is 0.684.